The lowest BCUT2D eigenvalue weighted by atomic mass is 9.90. The van der Waals surface area contributed by atoms with E-state index in [2.05, 4.69) is 5.32 Å². The van der Waals surface area contributed by atoms with Gasteiger partial charge in [-0.15, -0.1) is 11.3 Å². The number of carbonyl (C=O) groups excluding carboxylic acids is 2. The Labute approximate surface area is 159 Å². The zero-order valence-corrected chi connectivity index (χ0v) is 15.7. The molecule has 1 aliphatic heterocycles. The van der Waals surface area contributed by atoms with Crippen LogP contribution in [-0.2, 0) is 4.79 Å². The third-order valence-electron chi connectivity index (χ3n) is 4.71. The maximum absolute atomic E-state index is 13.3. The fourth-order valence-corrected chi connectivity index (χ4v) is 4.06. The van der Waals surface area contributed by atoms with E-state index >= 15 is 0 Å². The van der Waals surface area contributed by atoms with Crippen LogP contribution in [-0.4, -0.2) is 40.9 Å². The van der Waals surface area contributed by atoms with Gasteiger partial charge < -0.3 is 15.3 Å². The van der Waals surface area contributed by atoms with Crippen molar-refractivity contribution >= 4 is 34.1 Å². The van der Waals surface area contributed by atoms with Crippen LogP contribution < -0.4 is 5.32 Å². The summed E-state index contributed by atoms with van der Waals surface area (Å²) in [6.45, 7) is 3.93. The van der Waals surface area contributed by atoms with Crippen LogP contribution in [0.3, 0.4) is 0 Å². The summed E-state index contributed by atoms with van der Waals surface area (Å²) < 4.78 is 13.3. The number of carboxylic acids is 1. The Hall–Kier alpha value is -2.74. The van der Waals surface area contributed by atoms with Gasteiger partial charge in [0.25, 0.3) is 11.8 Å². The second-order valence-electron chi connectivity index (χ2n) is 6.93. The van der Waals surface area contributed by atoms with E-state index in [0.717, 1.165) is 17.4 Å². The van der Waals surface area contributed by atoms with Crippen molar-refractivity contribution in [3.8, 4) is 0 Å². The van der Waals surface area contributed by atoms with Crippen LogP contribution in [0.2, 0.25) is 0 Å². The Kier molecular flexibility index (Phi) is 5.01. The van der Waals surface area contributed by atoms with Gasteiger partial charge in [-0.1, -0.05) is 6.07 Å². The number of anilines is 1. The highest BCUT2D eigenvalue weighted by molar-refractivity contribution is 7.18. The highest BCUT2D eigenvalue weighted by atomic mass is 32.1. The van der Waals surface area contributed by atoms with Crippen molar-refractivity contribution in [3.63, 3.8) is 0 Å². The number of halogens is 1. The van der Waals surface area contributed by atoms with Gasteiger partial charge in [0, 0.05) is 18.7 Å². The van der Waals surface area contributed by atoms with Crippen molar-refractivity contribution < 1.29 is 23.9 Å². The maximum atomic E-state index is 13.3. The Morgan fingerprint density at radius 3 is 2.67 bits per heavy atom. The smallest absolute Gasteiger partial charge is 0.311 e. The number of hydrogen-bond acceptors (Lipinski definition) is 4. The van der Waals surface area contributed by atoms with Crippen molar-refractivity contribution in [2.24, 2.45) is 5.41 Å². The van der Waals surface area contributed by atoms with Crippen molar-refractivity contribution in [3.05, 3.63) is 52.2 Å². The topological polar surface area (TPSA) is 86.7 Å². The lowest BCUT2D eigenvalue weighted by Crippen LogP contribution is -2.34. The van der Waals surface area contributed by atoms with Crippen molar-refractivity contribution in [2.75, 3.05) is 18.4 Å². The van der Waals surface area contributed by atoms with Crippen LogP contribution in [0.5, 0.6) is 0 Å². The van der Waals surface area contributed by atoms with Crippen LogP contribution in [0.15, 0.2) is 30.3 Å². The minimum atomic E-state index is -0.935. The summed E-state index contributed by atoms with van der Waals surface area (Å²) in [5.74, 6) is -2.12. The molecule has 8 heteroatoms. The molecule has 0 saturated carbocycles. The number of hydrogen-bond donors (Lipinski definition) is 2. The van der Waals surface area contributed by atoms with E-state index in [-0.39, 0.29) is 18.0 Å². The minimum Gasteiger partial charge on any atom is -0.481 e. The fourth-order valence-electron chi connectivity index (χ4n) is 3.02. The first-order valence-electron chi connectivity index (χ1n) is 8.40. The zero-order valence-electron chi connectivity index (χ0n) is 14.9. The van der Waals surface area contributed by atoms with Gasteiger partial charge >= 0.3 is 5.97 Å². The summed E-state index contributed by atoms with van der Waals surface area (Å²) in [6.07, 6.45) is 0.404. The average Bonchev–Trinajstić information content (AvgIpc) is 3.18. The molecule has 2 N–H and O–H groups in total. The summed E-state index contributed by atoms with van der Waals surface area (Å²) in [5, 5.41) is 12.5. The molecule has 1 aliphatic rings. The average molecular weight is 390 g/mol. The highest BCUT2D eigenvalue weighted by Gasteiger charge is 2.42. The predicted molar refractivity (Wildman–Crippen MR) is 99.7 cm³/mol. The third-order valence-corrected chi connectivity index (χ3v) is 5.85. The predicted octanol–water partition coefficient (Wildman–Crippen LogP) is 3.38. The molecule has 0 spiro atoms. The summed E-state index contributed by atoms with van der Waals surface area (Å²) in [4.78, 5) is 38.4. The molecular weight excluding hydrogens is 371 g/mol. The van der Waals surface area contributed by atoms with Gasteiger partial charge in [0.2, 0.25) is 0 Å². The monoisotopic (exact) mass is 390 g/mol. The zero-order chi connectivity index (χ0) is 19.8. The number of nitrogens with zero attached hydrogens (tertiary/aromatic N) is 1. The second-order valence-corrected chi connectivity index (χ2v) is 7.98. The van der Waals surface area contributed by atoms with Crippen molar-refractivity contribution in [1.82, 2.24) is 4.90 Å². The SMILES string of the molecule is Cc1cc(NC(=O)c2cccc(F)c2)sc1C(=O)N1CCC(C)(C(=O)O)C1. The number of rotatable bonds is 4. The number of likely N-dealkylation sites (tertiary alicyclic amines) is 1. The van der Waals surface area contributed by atoms with E-state index < -0.39 is 23.1 Å². The van der Waals surface area contributed by atoms with Crippen LogP contribution >= 0.6 is 11.3 Å². The fraction of sp³-hybridized carbons (Fsp3) is 0.316. The molecule has 0 bridgehead atoms. The molecule has 1 atom stereocenters. The number of thiophene rings is 1. The number of nitrogens with one attached hydrogen (secondary N) is 1. The summed E-state index contributed by atoms with van der Waals surface area (Å²) in [5.41, 5.74) is -0.0518. The number of aryl methyl sites for hydroxylation is 1. The van der Waals surface area contributed by atoms with Crippen LogP contribution in [0.1, 0.15) is 38.9 Å². The van der Waals surface area contributed by atoms with E-state index in [1.54, 1.807) is 19.9 Å². The third kappa shape index (κ3) is 3.85. The number of aliphatic carboxylic acids is 1. The Bertz CT molecular complexity index is 926. The Morgan fingerprint density at radius 2 is 2.04 bits per heavy atom. The highest BCUT2D eigenvalue weighted by Crippen LogP contribution is 2.34. The van der Waals surface area contributed by atoms with Gasteiger partial charge in [-0.2, -0.15) is 0 Å². The van der Waals surface area contributed by atoms with Gasteiger partial charge in [0.05, 0.1) is 15.3 Å². The van der Waals surface area contributed by atoms with E-state index in [4.69, 9.17) is 0 Å². The number of benzene rings is 1. The standard InChI is InChI=1S/C19H19FN2O4S/c1-11-8-14(21-16(23)12-4-3-5-13(20)9-12)27-15(11)17(24)22-7-6-19(2,10-22)18(25)26/h3-5,8-9H,6-7,10H2,1-2H3,(H,21,23)(H,25,26). The van der Waals surface area contributed by atoms with E-state index in [0.29, 0.717) is 28.4 Å². The normalized spacial score (nSPS) is 19.1. The van der Waals surface area contributed by atoms with Gasteiger partial charge in [0.15, 0.2) is 0 Å². The molecule has 1 aromatic heterocycles. The van der Waals surface area contributed by atoms with Crippen LogP contribution in [0.4, 0.5) is 9.39 Å². The van der Waals surface area contributed by atoms with Gasteiger partial charge in [-0.3, -0.25) is 14.4 Å². The van der Waals surface area contributed by atoms with Crippen molar-refractivity contribution in [1.29, 1.82) is 0 Å². The molecule has 142 valence electrons. The number of carboxylic acid groups (broad SMARTS) is 1. The van der Waals surface area contributed by atoms with Crippen LogP contribution in [0.25, 0.3) is 0 Å². The first-order chi connectivity index (χ1) is 12.7. The minimum absolute atomic E-state index is 0.156. The molecular formula is C19H19FN2O4S. The van der Waals surface area contributed by atoms with Gasteiger partial charge in [0.1, 0.15) is 5.82 Å². The molecule has 2 amide bonds. The molecule has 0 aliphatic carbocycles. The molecule has 1 aromatic carbocycles. The molecule has 3 rings (SSSR count). The molecule has 1 fully saturated rings. The molecule has 2 heterocycles. The van der Waals surface area contributed by atoms with E-state index in [9.17, 15) is 23.9 Å². The van der Waals surface area contributed by atoms with Gasteiger partial charge in [-0.05, 0) is 50.1 Å². The van der Waals surface area contributed by atoms with E-state index in [1.165, 1.54) is 23.1 Å². The van der Waals surface area contributed by atoms with Crippen molar-refractivity contribution in [2.45, 2.75) is 20.3 Å². The summed E-state index contributed by atoms with van der Waals surface area (Å²) in [6, 6.07) is 7.03. The second kappa shape index (κ2) is 7.11. The Balaban J connectivity index is 1.74. The first-order valence-corrected chi connectivity index (χ1v) is 9.21. The molecule has 2 aromatic rings. The summed E-state index contributed by atoms with van der Waals surface area (Å²) >= 11 is 1.13. The number of amides is 2. The molecule has 1 saturated heterocycles. The maximum Gasteiger partial charge on any atom is 0.311 e. The lowest BCUT2D eigenvalue weighted by molar-refractivity contribution is -0.147. The molecule has 27 heavy (non-hydrogen) atoms. The summed E-state index contributed by atoms with van der Waals surface area (Å²) in [7, 11) is 0. The Morgan fingerprint density at radius 1 is 1.30 bits per heavy atom. The number of carbonyl (C=O) groups is 3. The van der Waals surface area contributed by atoms with Crippen LogP contribution in [0, 0.1) is 18.2 Å². The first kappa shape index (κ1) is 19.0. The van der Waals surface area contributed by atoms with Gasteiger partial charge in [-0.25, -0.2) is 4.39 Å². The largest absolute Gasteiger partial charge is 0.481 e. The molecule has 0 radical (unpaired) electrons. The van der Waals surface area contributed by atoms with E-state index in [1.807, 2.05) is 0 Å². The molecule has 6 nitrogen and oxygen atoms in total. The quantitative estimate of drug-likeness (QED) is 0.838. The molecule has 1 unspecified atom stereocenters. The lowest BCUT2D eigenvalue weighted by Gasteiger charge is -2.19.